The Bertz CT molecular complexity index is 517. The van der Waals surface area contributed by atoms with E-state index in [-0.39, 0.29) is 18.9 Å². The summed E-state index contributed by atoms with van der Waals surface area (Å²) in [4.78, 5) is 11.9. The fourth-order valence-corrected chi connectivity index (χ4v) is 2.50. The maximum atomic E-state index is 12.4. The second kappa shape index (κ2) is 9.52. The maximum absolute atomic E-state index is 12.4. The molecule has 0 radical (unpaired) electrons. The van der Waals surface area contributed by atoms with Crippen LogP contribution in [0.1, 0.15) is 38.7 Å². The Hall–Kier alpha value is -1.76. The van der Waals surface area contributed by atoms with Crippen LogP contribution in [0.3, 0.4) is 0 Å². The number of amides is 2. The number of benzene rings is 1. The van der Waals surface area contributed by atoms with Gasteiger partial charge in [0.2, 0.25) is 0 Å². The Morgan fingerprint density at radius 2 is 1.83 bits per heavy atom. The van der Waals surface area contributed by atoms with Crippen LogP contribution in [0.5, 0.6) is 0 Å². The lowest BCUT2D eigenvalue weighted by Gasteiger charge is -2.20. The Morgan fingerprint density at radius 1 is 1.21 bits per heavy atom. The van der Waals surface area contributed by atoms with E-state index >= 15 is 0 Å². The minimum atomic E-state index is -4.24. The number of urea groups is 1. The van der Waals surface area contributed by atoms with Crippen LogP contribution in [-0.2, 0) is 6.42 Å². The smallest absolute Gasteiger partial charge is 0.389 e. The highest BCUT2D eigenvalue weighted by atomic mass is 19.4. The van der Waals surface area contributed by atoms with Gasteiger partial charge in [0, 0.05) is 18.7 Å². The highest BCUT2D eigenvalue weighted by molar-refractivity contribution is 5.90. The Morgan fingerprint density at radius 3 is 2.42 bits per heavy atom. The molecule has 0 aliphatic rings. The molecule has 1 atom stereocenters. The Balaban J connectivity index is 2.58. The van der Waals surface area contributed by atoms with E-state index in [1.807, 2.05) is 13.8 Å². The first-order valence-corrected chi connectivity index (χ1v) is 8.14. The second-order valence-electron chi connectivity index (χ2n) is 5.75. The Kier molecular flexibility index (Phi) is 8.04. The molecule has 1 rings (SSSR count). The van der Waals surface area contributed by atoms with E-state index in [0.29, 0.717) is 11.3 Å². The van der Waals surface area contributed by atoms with Crippen molar-refractivity contribution in [3.8, 4) is 0 Å². The number of rotatable bonds is 8. The Labute approximate surface area is 140 Å². The number of carbonyl (C=O) groups is 1. The molecule has 0 spiro atoms. The number of anilines is 1. The lowest BCUT2D eigenvalue weighted by Crippen LogP contribution is -2.38. The van der Waals surface area contributed by atoms with Gasteiger partial charge in [-0.3, -0.25) is 0 Å². The van der Waals surface area contributed by atoms with Crippen molar-refractivity contribution in [2.75, 3.05) is 11.9 Å². The number of halogens is 3. The molecule has 1 unspecified atom stereocenters. The number of aliphatic hydroxyl groups excluding tert-OH is 1. The van der Waals surface area contributed by atoms with Crippen LogP contribution in [0.25, 0.3) is 0 Å². The number of hydrogen-bond acceptors (Lipinski definition) is 2. The first kappa shape index (κ1) is 20.3. The molecule has 0 saturated heterocycles. The first-order valence-electron chi connectivity index (χ1n) is 8.14. The summed E-state index contributed by atoms with van der Waals surface area (Å²) in [7, 11) is 0. The van der Waals surface area contributed by atoms with Gasteiger partial charge in [0.25, 0.3) is 0 Å². The molecule has 0 aromatic heterocycles. The third kappa shape index (κ3) is 7.21. The molecule has 0 fully saturated rings. The lowest BCUT2D eigenvalue weighted by molar-refractivity contribution is -0.133. The van der Waals surface area contributed by atoms with Crippen LogP contribution in [0.15, 0.2) is 24.3 Å². The van der Waals surface area contributed by atoms with Gasteiger partial charge < -0.3 is 15.7 Å². The molecule has 0 heterocycles. The summed E-state index contributed by atoms with van der Waals surface area (Å²) in [5.41, 5.74) is 0.766. The molecule has 0 aliphatic carbocycles. The fourth-order valence-electron chi connectivity index (χ4n) is 2.50. The van der Waals surface area contributed by atoms with Crippen LogP contribution in [0.4, 0.5) is 23.7 Å². The summed E-state index contributed by atoms with van der Waals surface area (Å²) in [5.74, 6) is 0.101. The molecule has 7 heteroatoms. The van der Waals surface area contributed by atoms with Gasteiger partial charge in [-0.1, -0.05) is 44.9 Å². The van der Waals surface area contributed by atoms with Crippen molar-refractivity contribution in [2.45, 2.75) is 51.8 Å². The number of alkyl halides is 3. The third-order valence-corrected chi connectivity index (χ3v) is 4.01. The average molecular weight is 346 g/mol. The molecule has 0 saturated carbocycles. The van der Waals surface area contributed by atoms with Crippen molar-refractivity contribution in [1.82, 2.24) is 5.32 Å². The minimum Gasteiger partial charge on any atom is -0.391 e. The molecule has 3 N–H and O–H groups in total. The van der Waals surface area contributed by atoms with Gasteiger partial charge in [-0.15, -0.1) is 0 Å². The number of carbonyl (C=O) groups excluding carboxylic acids is 1. The average Bonchev–Trinajstić information content (AvgIpc) is 2.52. The molecule has 24 heavy (non-hydrogen) atoms. The maximum Gasteiger partial charge on any atom is 0.389 e. The van der Waals surface area contributed by atoms with Gasteiger partial charge in [-0.25, -0.2) is 4.79 Å². The van der Waals surface area contributed by atoms with E-state index < -0.39 is 24.7 Å². The van der Waals surface area contributed by atoms with Crippen LogP contribution in [-0.4, -0.2) is 30.0 Å². The van der Waals surface area contributed by atoms with Crippen LogP contribution in [0.2, 0.25) is 0 Å². The molecule has 4 nitrogen and oxygen atoms in total. The molecule has 136 valence electrons. The zero-order valence-corrected chi connectivity index (χ0v) is 14.0. The minimum absolute atomic E-state index is 0.100. The molecule has 0 bridgehead atoms. The number of hydrogen-bond donors (Lipinski definition) is 3. The van der Waals surface area contributed by atoms with Gasteiger partial charge in [-0.05, 0) is 24.0 Å². The van der Waals surface area contributed by atoms with Crippen LogP contribution in [0, 0.1) is 5.92 Å². The molecule has 1 aromatic rings. The van der Waals surface area contributed by atoms with Gasteiger partial charge in [0.15, 0.2) is 0 Å². The van der Waals surface area contributed by atoms with Gasteiger partial charge in [0.1, 0.15) is 0 Å². The van der Waals surface area contributed by atoms with E-state index in [2.05, 4.69) is 10.6 Å². The molecular weight excluding hydrogens is 321 g/mol. The van der Waals surface area contributed by atoms with Crippen molar-refractivity contribution >= 4 is 11.7 Å². The highest BCUT2D eigenvalue weighted by Crippen LogP contribution is 2.25. The monoisotopic (exact) mass is 346 g/mol. The van der Waals surface area contributed by atoms with Gasteiger partial charge in [0.05, 0.1) is 6.10 Å². The molecule has 1 aromatic carbocycles. The van der Waals surface area contributed by atoms with Crippen molar-refractivity contribution in [3.05, 3.63) is 29.8 Å². The predicted molar refractivity (Wildman–Crippen MR) is 87.9 cm³/mol. The summed E-state index contributed by atoms with van der Waals surface area (Å²) in [6.07, 6.45) is -4.42. The van der Waals surface area contributed by atoms with E-state index in [0.717, 1.165) is 12.8 Å². The van der Waals surface area contributed by atoms with Crippen molar-refractivity contribution in [2.24, 2.45) is 5.92 Å². The lowest BCUT2D eigenvalue weighted by atomic mass is 9.97. The van der Waals surface area contributed by atoms with E-state index in [1.54, 1.807) is 24.3 Å². The molecular formula is C17H25F3N2O2. The van der Waals surface area contributed by atoms with Gasteiger partial charge >= 0.3 is 12.2 Å². The quantitative estimate of drug-likeness (QED) is 0.664. The van der Waals surface area contributed by atoms with Crippen LogP contribution >= 0.6 is 0 Å². The normalized spacial score (nSPS) is 13.0. The number of aryl methyl sites for hydroxylation is 1. The van der Waals surface area contributed by atoms with Crippen molar-refractivity contribution in [1.29, 1.82) is 0 Å². The topological polar surface area (TPSA) is 61.4 Å². The summed E-state index contributed by atoms with van der Waals surface area (Å²) in [6.45, 7) is 4.03. The summed E-state index contributed by atoms with van der Waals surface area (Å²) in [6, 6.07) is 5.85. The molecule has 0 aliphatic heterocycles. The zero-order valence-electron chi connectivity index (χ0n) is 14.0. The van der Waals surface area contributed by atoms with Crippen LogP contribution < -0.4 is 10.6 Å². The van der Waals surface area contributed by atoms with E-state index in [4.69, 9.17) is 0 Å². The van der Waals surface area contributed by atoms with Crippen molar-refractivity contribution in [3.63, 3.8) is 0 Å². The number of aliphatic hydroxyl groups is 1. The number of para-hydroxylation sites is 1. The van der Waals surface area contributed by atoms with E-state index in [1.165, 1.54) is 0 Å². The highest BCUT2D eigenvalue weighted by Gasteiger charge is 2.27. The third-order valence-electron chi connectivity index (χ3n) is 4.01. The summed E-state index contributed by atoms with van der Waals surface area (Å²) < 4.78 is 37.1. The fraction of sp³-hybridized carbons (Fsp3) is 0.588. The molecule has 2 amide bonds. The van der Waals surface area contributed by atoms with Gasteiger partial charge in [-0.2, -0.15) is 13.2 Å². The van der Waals surface area contributed by atoms with E-state index in [9.17, 15) is 23.1 Å². The summed E-state index contributed by atoms with van der Waals surface area (Å²) >= 11 is 0. The van der Waals surface area contributed by atoms with Crippen molar-refractivity contribution < 1.29 is 23.1 Å². The summed E-state index contributed by atoms with van der Waals surface area (Å²) in [5, 5.41) is 15.1. The predicted octanol–water partition coefficient (Wildman–Crippen LogP) is 4.10. The number of nitrogens with one attached hydrogen (secondary N) is 2. The first-order chi connectivity index (χ1) is 11.3. The standard InChI is InChI=1S/C17H25F3N2O2/c1-3-12(4-2)15(23)11-21-16(24)22-14-8-6-5-7-13(14)9-10-17(18,19)20/h5-8,12,15,23H,3-4,9-11H2,1-2H3,(H2,21,22,24). The second-order valence-corrected chi connectivity index (χ2v) is 5.75. The SMILES string of the molecule is CCC(CC)C(O)CNC(=O)Nc1ccccc1CCC(F)(F)F. The zero-order chi connectivity index (χ0) is 18.2. The largest absolute Gasteiger partial charge is 0.391 e.